The first-order valence-electron chi connectivity index (χ1n) is 6.28. The molecule has 0 aliphatic rings. The monoisotopic (exact) mass is 236 g/mol. The van der Waals surface area contributed by atoms with Gasteiger partial charge in [0, 0.05) is 37.5 Å². The molecule has 0 radical (unpaired) electrons. The molecule has 0 aliphatic carbocycles. The lowest BCUT2D eigenvalue weighted by Gasteiger charge is -2.32. The lowest BCUT2D eigenvalue weighted by Crippen LogP contribution is -2.35. The van der Waals surface area contributed by atoms with E-state index in [1.54, 1.807) is 6.20 Å². The summed E-state index contributed by atoms with van der Waals surface area (Å²) in [5.41, 5.74) is 1.22. The highest BCUT2D eigenvalue weighted by molar-refractivity contribution is 5.08. The van der Waals surface area contributed by atoms with Gasteiger partial charge in [0.2, 0.25) is 0 Å². The van der Waals surface area contributed by atoms with Gasteiger partial charge in [0.1, 0.15) is 0 Å². The minimum Gasteiger partial charge on any atom is -0.396 e. The van der Waals surface area contributed by atoms with Crippen molar-refractivity contribution in [2.45, 2.75) is 33.2 Å². The summed E-state index contributed by atoms with van der Waals surface area (Å²) in [6.07, 6.45) is 5.85. The Labute approximate surface area is 104 Å². The number of rotatable bonds is 7. The maximum absolute atomic E-state index is 9.49. The highest BCUT2D eigenvalue weighted by Crippen LogP contribution is 2.23. The fraction of sp³-hybridized carbons (Fsp3) is 0.643. The molecule has 1 heterocycles. The molecule has 0 saturated heterocycles. The molecule has 17 heavy (non-hydrogen) atoms. The van der Waals surface area contributed by atoms with E-state index in [9.17, 15) is 5.11 Å². The van der Waals surface area contributed by atoms with E-state index in [-0.39, 0.29) is 12.0 Å². The van der Waals surface area contributed by atoms with Crippen molar-refractivity contribution in [1.29, 1.82) is 0 Å². The van der Waals surface area contributed by atoms with E-state index in [1.165, 1.54) is 5.56 Å². The Hall–Kier alpha value is -0.930. The molecule has 3 heteroatoms. The average molecular weight is 236 g/mol. The van der Waals surface area contributed by atoms with E-state index in [1.807, 2.05) is 12.3 Å². The van der Waals surface area contributed by atoms with Crippen molar-refractivity contribution in [3.63, 3.8) is 0 Å². The third kappa shape index (κ3) is 4.84. The van der Waals surface area contributed by atoms with E-state index in [0.717, 1.165) is 25.9 Å². The molecule has 0 bridgehead atoms. The summed E-state index contributed by atoms with van der Waals surface area (Å²) in [6.45, 7) is 6.35. The Bertz CT molecular complexity index is 315. The Morgan fingerprint density at radius 2 is 2.24 bits per heavy atom. The van der Waals surface area contributed by atoms with Crippen LogP contribution in [0.5, 0.6) is 0 Å². The highest BCUT2D eigenvalue weighted by Gasteiger charge is 2.24. The predicted octanol–water partition coefficient (Wildman–Crippen LogP) is 2.31. The molecule has 0 aromatic carbocycles. The summed E-state index contributed by atoms with van der Waals surface area (Å²) in [5, 5.41) is 9.49. The molecule has 1 unspecified atom stereocenters. The van der Waals surface area contributed by atoms with Crippen LogP contribution in [-0.4, -0.2) is 35.2 Å². The minimum absolute atomic E-state index is 0.00566. The van der Waals surface area contributed by atoms with Gasteiger partial charge in [-0.3, -0.25) is 4.98 Å². The van der Waals surface area contributed by atoms with Crippen molar-refractivity contribution in [1.82, 2.24) is 9.88 Å². The van der Waals surface area contributed by atoms with Crippen LogP contribution in [0.4, 0.5) is 0 Å². The number of aliphatic hydroxyl groups excluding tert-OH is 1. The van der Waals surface area contributed by atoms with Crippen LogP contribution in [0.2, 0.25) is 0 Å². The van der Waals surface area contributed by atoms with Gasteiger partial charge in [-0.25, -0.2) is 0 Å². The summed E-state index contributed by atoms with van der Waals surface area (Å²) in [7, 11) is 2.09. The smallest absolute Gasteiger partial charge is 0.0497 e. The average Bonchev–Trinajstić information content (AvgIpc) is 2.30. The molecule has 0 fully saturated rings. The number of hydrogen-bond donors (Lipinski definition) is 1. The van der Waals surface area contributed by atoms with Crippen LogP contribution < -0.4 is 0 Å². The Morgan fingerprint density at radius 1 is 1.47 bits per heavy atom. The molecular formula is C14H24N2O. The van der Waals surface area contributed by atoms with Crippen LogP contribution >= 0.6 is 0 Å². The van der Waals surface area contributed by atoms with Gasteiger partial charge in [-0.05, 0) is 25.1 Å². The van der Waals surface area contributed by atoms with Gasteiger partial charge >= 0.3 is 0 Å². The summed E-state index contributed by atoms with van der Waals surface area (Å²) in [6, 6.07) is 4.04. The molecule has 0 amide bonds. The fourth-order valence-corrected chi connectivity index (χ4v) is 2.32. The van der Waals surface area contributed by atoms with Crippen molar-refractivity contribution in [3.05, 3.63) is 30.1 Å². The largest absolute Gasteiger partial charge is 0.396 e. The summed E-state index contributed by atoms with van der Waals surface area (Å²) in [4.78, 5) is 6.37. The van der Waals surface area contributed by atoms with Crippen LogP contribution in [-0.2, 0) is 6.54 Å². The van der Waals surface area contributed by atoms with Crippen molar-refractivity contribution >= 4 is 0 Å². The third-order valence-corrected chi connectivity index (χ3v) is 3.06. The first-order chi connectivity index (χ1) is 8.09. The van der Waals surface area contributed by atoms with Gasteiger partial charge in [-0.2, -0.15) is 0 Å². The number of hydrogen-bond acceptors (Lipinski definition) is 3. The first kappa shape index (κ1) is 14.1. The predicted molar refractivity (Wildman–Crippen MR) is 70.7 cm³/mol. The number of nitrogens with zero attached hydrogens (tertiary/aromatic N) is 2. The van der Waals surface area contributed by atoms with E-state index in [2.05, 4.69) is 36.8 Å². The van der Waals surface area contributed by atoms with Gasteiger partial charge in [0.05, 0.1) is 0 Å². The maximum atomic E-state index is 9.49. The second kappa shape index (κ2) is 6.72. The van der Waals surface area contributed by atoms with Gasteiger partial charge in [-0.15, -0.1) is 0 Å². The molecule has 1 N–H and O–H groups in total. The highest BCUT2D eigenvalue weighted by atomic mass is 16.3. The van der Waals surface area contributed by atoms with Gasteiger partial charge in [0.25, 0.3) is 0 Å². The molecule has 96 valence electrons. The summed E-state index contributed by atoms with van der Waals surface area (Å²) < 4.78 is 0. The lowest BCUT2D eigenvalue weighted by atomic mass is 9.86. The van der Waals surface area contributed by atoms with Crippen molar-refractivity contribution < 1.29 is 5.11 Å². The van der Waals surface area contributed by atoms with Gasteiger partial charge < -0.3 is 10.0 Å². The summed E-state index contributed by atoms with van der Waals surface area (Å²) >= 11 is 0. The number of pyridine rings is 1. The van der Waals surface area contributed by atoms with Gasteiger partial charge in [-0.1, -0.05) is 26.3 Å². The molecule has 0 saturated carbocycles. The van der Waals surface area contributed by atoms with Crippen LogP contribution in [0, 0.1) is 5.41 Å². The zero-order chi connectivity index (χ0) is 12.7. The van der Waals surface area contributed by atoms with Crippen molar-refractivity contribution in [2.24, 2.45) is 5.41 Å². The molecule has 0 spiro atoms. The minimum atomic E-state index is 0.00566. The van der Waals surface area contributed by atoms with E-state index >= 15 is 0 Å². The van der Waals surface area contributed by atoms with Crippen LogP contribution in [0.25, 0.3) is 0 Å². The van der Waals surface area contributed by atoms with E-state index < -0.39 is 0 Å². The molecule has 1 aromatic rings. The van der Waals surface area contributed by atoms with E-state index in [4.69, 9.17) is 0 Å². The third-order valence-electron chi connectivity index (χ3n) is 3.06. The van der Waals surface area contributed by atoms with E-state index in [0.29, 0.717) is 0 Å². The zero-order valence-corrected chi connectivity index (χ0v) is 11.2. The maximum Gasteiger partial charge on any atom is 0.0497 e. The first-order valence-corrected chi connectivity index (χ1v) is 6.28. The number of aromatic nitrogens is 1. The van der Waals surface area contributed by atoms with Gasteiger partial charge in [0.15, 0.2) is 0 Å². The normalized spacial score (nSPS) is 14.9. The quantitative estimate of drug-likeness (QED) is 0.789. The van der Waals surface area contributed by atoms with Crippen molar-refractivity contribution in [2.75, 3.05) is 20.2 Å². The zero-order valence-electron chi connectivity index (χ0n) is 11.2. The second-order valence-corrected chi connectivity index (χ2v) is 5.25. The summed E-state index contributed by atoms with van der Waals surface area (Å²) in [5.74, 6) is 0. The topological polar surface area (TPSA) is 36.4 Å². The Balaban J connectivity index is 2.51. The molecule has 1 rings (SSSR count). The van der Waals surface area contributed by atoms with Crippen LogP contribution in [0.3, 0.4) is 0 Å². The Morgan fingerprint density at radius 3 is 2.76 bits per heavy atom. The van der Waals surface area contributed by atoms with Crippen molar-refractivity contribution in [3.8, 4) is 0 Å². The SMILES string of the molecule is CCCC(C)(CO)CN(C)Cc1cccnc1. The molecule has 0 aliphatic heterocycles. The standard InChI is InChI=1S/C14H24N2O/c1-4-7-14(2,12-17)11-16(3)10-13-6-5-8-15-9-13/h5-6,8-9,17H,4,7,10-12H2,1-3H3. The van der Waals surface area contributed by atoms with Crippen LogP contribution in [0.15, 0.2) is 24.5 Å². The second-order valence-electron chi connectivity index (χ2n) is 5.25. The molecule has 3 nitrogen and oxygen atoms in total. The fourth-order valence-electron chi connectivity index (χ4n) is 2.32. The molecule has 1 atom stereocenters. The lowest BCUT2D eigenvalue weighted by molar-refractivity contribution is 0.0878. The molecule has 1 aromatic heterocycles. The van der Waals surface area contributed by atoms with Crippen LogP contribution in [0.1, 0.15) is 32.3 Å². The number of aliphatic hydroxyl groups is 1. The molecular weight excluding hydrogens is 212 g/mol. The Kier molecular flexibility index (Phi) is 5.59.